The molecular weight excluding hydrogens is 314 g/mol. The first-order valence-corrected chi connectivity index (χ1v) is 7.10. The van der Waals surface area contributed by atoms with Gasteiger partial charge in [0.25, 0.3) is 5.69 Å². The monoisotopic (exact) mass is 323 g/mol. The van der Waals surface area contributed by atoms with E-state index in [1.54, 1.807) is 0 Å². The zero-order chi connectivity index (χ0) is 15.2. The van der Waals surface area contributed by atoms with Crippen LogP contribution < -0.4 is 4.74 Å². The van der Waals surface area contributed by atoms with Gasteiger partial charge in [-0.2, -0.15) is 0 Å². The highest BCUT2D eigenvalue weighted by atomic mass is 35.5. The highest BCUT2D eigenvalue weighted by Crippen LogP contribution is 2.30. The summed E-state index contributed by atoms with van der Waals surface area (Å²) < 4.78 is 5.54. The number of nitrogens with zero attached hydrogens (tertiary/aromatic N) is 1. The van der Waals surface area contributed by atoms with Gasteiger partial charge < -0.3 is 9.84 Å². The number of ether oxygens (including phenoxy) is 1. The van der Waals surface area contributed by atoms with Crippen molar-refractivity contribution in [2.24, 2.45) is 0 Å². The fourth-order valence-corrected chi connectivity index (χ4v) is 2.47. The molecule has 0 saturated carbocycles. The van der Waals surface area contributed by atoms with E-state index in [0.29, 0.717) is 5.02 Å². The summed E-state index contributed by atoms with van der Waals surface area (Å²) in [6.45, 7) is -0.0130. The average Bonchev–Trinajstić information content (AvgIpc) is 2.91. The molecule has 0 unspecified atom stereocenters. The Labute approximate surface area is 129 Å². The quantitative estimate of drug-likeness (QED) is 0.532. The lowest BCUT2D eigenvalue weighted by atomic mass is 10.2. The van der Waals surface area contributed by atoms with E-state index in [-0.39, 0.29) is 24.7 Å². The first-order valence-electron chi connectivity index (χ1n) is 5.84. The van der Waals surface area contributed by atoms with E-state index in [4.69, 9.17) is 21.4 Å². The van der Waals surface area contributed by atoms with Crippen LogP contribution in [-0.2, 0) is 6.61 Å². The van der Waals surface area contributed by atoms with Crippen LogP contribution in [0.25, 0.3) is 0 Å². The van der Waals surface area contributed by atoms with Crippen LogP contribution in [0.4, 0.5) is 5.69 Å². The molecule has 0 saturated heterocycles. The molecule has 0 aliphatic heterocycles. The van der Waals surface area contributed by atoms with Crippen molar-refractivity contribution in [3.63, 3.8) is 0 Å². The zero-order valence-corrected chi connectivity index (χ0v) is 12.3. The predicted octanol–water partition coefficient (Wildman–Crippen LogP) is 3.23. The molecule has 1 aromatic carbocycles. The first kappa shape index (κ1) is 15.3. The molecule has 2 aromatic rings. The molecule has 1 aromatic heterocycles. The SMILES string of the molecule is O=[N+]([O-])c1ccc(Cl)c(OCc2sccc2C#CCO)c1. The Bertz CT molecular complexity index is 717. The minimum atomic E-state index is -0.507. The molecule has 0 spiro atoms. The molecule has 5 nitrogen and oxygen atoms in total. The smallest absolute Gasteiger partial charge is 0.273 e. The van der Waals surface area contributed by atoms with E-state index in [0.717, 1.165) is 10.4 Å². The van der Waals surface area contributed by atoms with Gasteiger partial charge in [0, 0.05) is 11.6 Å². The number of hydrogen-bond donors (Lipinski definition) is 1. The third-order valence-corrected chi connectivity index (χ3v) is 3.74. The maximum atomic E-state index is 10.7. The van der Waals surface area contributed by atoms with Gasteiger partial charge in [-0.3, -0.25) is 10.1 Å². The summed E-state index contributed by atoms with van der Waals surface area (Å²) >= 11 is 7.41. The molecule has 0 radical (unpaired) electrons. The molecule has 0 amide bonds. The van der Waals surface area contributed by atoms with Gasteiger partial charge in [0.2, 0.25) is 0 Å². The summed E-state index contributed by atoms with van der Waals surface area (Å²) in [7, 11) is 0. The van der Waals surface area contributed by atoms with E-state index in [9.17, 15) is 10.1 Å². The van der Waals surface area contributed by atoms with Gasteiger partial charge in [0.05, 0.1) is 20.9 Å². The second-order valence-corrected chi connectivity index (χ2v) is 5.29. The van der Waals surface area contributed by atoms with Crippen molar-refractivity contribution in [2.75, 3.05) is 6.61 Å². The van der Waals surface area contributed by atoms with Crippen LogP contribution in [-0.4, -0.2) is 16.6 Å². The van der Waals surface area contributed by atoms with Crippen LogP contribution in [0.3, 0.4) is 0 Å². The third-order valence-electron chi connectivity index (χ3n) is 2.53. The zero-order valence-electron chi connectivity index (χ0n) is 10.7. The van der Waals surface area contributed by atoms with Crippen molar-refractivity contribution in [2.45, 2.75) is 6.61 Å². The summed E-state index contributed by atoms with van der Waals surface area (Å²) in [5.41, 5.74) is 0.677. The van der Waals surface area contributed by atoms with Crippen molar-refractivity contribution in [3.8, 4) is 17.6 Å². The second kappa shape index (κ2) is 7.09. The maximum Gasteiger partial charge on any atom is 0.273 e. The van der Waals surface area contributed by atoms with Crippen LogP contribution in [0.5, 0.6) is 5.75 Å². The first-order chi connectivity index (χ1) is 10.1. The van der Waals surface area contributed by atoms with Gasteiger partial charge in [0.15, 0.2) is 0 Å². The Morgan fingerprint density at radius 2 is 2.24 bits per heavy atom. The second-order valence-electron chi connectivity index (χ2n) is 3.88. The number of non-ortho nitro benzene ring substituents is 1. The largest absolute Gasteiger partial charge is 0.486 e. The van der Waals surface area contributed by atoms with E-state index < -0.39 is 4.92 Å². The Kier molecular flexibility index (Phi) is 5.17. The van der Waals surface area contributed by atoms with Gasteiger partial charge in [-0.1, -0.05) is 23.4 Å². The summed E-state index contributed by atoms with van der Waals surface area (Å²) in [6.07, 6.45) is 0. The van der Waals surface area contributed by atoms with Crippen molar-refractivity contribution in [3.05, 3.63) is 55.2 Å². The molecule has 0 fully saturated rings. The number of benzene rings is 1. The van der Waals surface area contributed by atoms with E-state index in [1.165, 1.54) is 29.5 Å². The summed E-state index contributed by atoms with van der Waals surface area (Å²) in [6, 6.07) is 5.85. The Hall–Kier alpha value is -2.07. The van der Waals surface area contributed by atoms with Crippen LogP contribution in [0.15, 0.2) is 29.6 Å². The molecule has 0 aliphatic rings. The lowest BCUT2D eigenvalue weighted by Gasteiger charge is -2.07. The molecule has 0 atom stereocenters. The minimum Gasteiger partial charge on any atom is -0.486 e. The fraction of sp³-hybridized carbons (Fsp3) is 0.143. The molecule has 108 valence electrons. The van der Waals surface area contributed by atoms with Gasteiger partial charge >= 0.3 is 0 Å². The number of nitro benzene ring substituents is 1. The molecule has 21 heavy (non-hydrogen) atoms. The Morgan fingerprint density at radius 1 is 1.43 bits per heavy atom. The number of aliphatic hydroxyl groups is 1. The standard InChI is InChI=1S/C14H10ClNO4S/c15-12-4-3-11(16(18)19)8-13(12)20-9-14-10(2-1-6-17)5-7-21-14/h3-5,7-8,17H,6,9H2. The number of nitro groups is 1. The van der Waals surface area contributed by atoms with Crippen molar-refractivity contribution < 1.29 is 14.8 Å². The molecule has 1 heterocycles. The summed E-state index contributed by atoms with van der Waals surface area (Å²) in [4.78, 5) is 11.1. The van der Waals surface area contributed by atoms with Gasteiger partial charge in [0.1, 0.15) is 19.0 Å². The van der Waals surface area contributed by atoms with Crippen molar-refractivity contribution in [1.29, 1.82) is 0 Å². The van der Waals surface area contributed by atoms with Crippen molar-refractivity contribution in [1.82, 2.24) is 0 Å². The van der Waals surface area contributed by atoms with Crippen molar-refractivity contribution >= 4 is 28.6 Å². The average molecular weight is 324 g/mol. The fourth-order valence-electron chi connectivity index (χ4n) is 1.56. The lowest BCUT2D eigenvalue weighted by molar-refractivity contribution is -0.384. The van der Waals surface area contributed by atoms with Gasteiger partial charge in [-0.15, -0.1) is 11.3 Å². The highest BCUT2D eigenvalue weighted by Gasteiger charge is 2.12. The molecule has 0 bridgehead atoms. The molecule has 2 rings (SSSR count). The number of rotatable bonds is 4. The topological polar surface area (TPSA) is 72.6 Å². The van der Waals surface area contributed by atoms with Crippen LogP contribution in [0.2, 0.25) is 5.02 Å². The maximum absolute atomic E-state index is 10.7. The highest BCUT2D eigenvalue weighted by molar-refractivity contribution is 7.10. The number of thiophene rings is 1. The molecular formula is C14H10ClNO4S. The van der Waals surface area contributed by atoms with E-state index >= 15 is 0 Å². The number of hydrogen-bond acceptors (Lipinski definition) is 5. The van der Waals surface area contributed by atoms with E-state index in [2.05, 4.69) is 11.8 Å². The lowest BCUT2D eigenvalue weighted by Crippen LogP contribution is -1.97. The number of aliphatic hydroxyl groups excluding tert-OH is 1. The molecule has 7 heteroatoms. The van der Waals surface area contributed by atoms with Crippen LogP contribution in [0.1, 0.15) is 10.4 Å². The van der Waals surface area contributed by atoms with Crippen LogP contribution >= 0.6 is 22.9 Å². The third kappa shape index (κ3) is 3.95. The Morgan fingerprint density at radius 3 is 2.95 bits per heavy atom. The number of halogens is 1. The summed E-state index contributed by atoms with van der Waals surface area (Å²) in [5, 5.41) is 21.6. The predicted molar refractivity (Wildman–Crippen MR) is 80.7 cm³/mol. The molecule has 1 N–H and O–H groups in total. The minimum absolute atomic E-state index is 0.0825. The molecule has 0 aliphatic carbocycles. The normalized spacial score (nSPS) is 9.81. The van der Waals surface area contributed by atoms with Crippen LogP contribution in [0, 0.1) is 22.0 Å². The van der Waals surface area contributed by atoms with E-state index in [1.807, 2.05) is 11.4 Å². The van der Waals surface area contributed by atoms with Gasteiger partial charge in [-0.05, 0) is 17.5 Å². The summed E-state index contributed by atoms with van der Waals surface area (Å²) in [5.74, 6) is 5.63. The Balaban J connectivity index is 2.15. The van der Waals surface area contributed by atoms with Gasteiger partial charge in [-0.25, -0.2) is 0 Å².